The van der Waals surface area contributed by atoms with E-state index in [9.17, 15) is 0 Å². The molecule has 7 aromatic carbocycles. The summed E-state index contributed by atoms with van der Waals surface area (Å²) in [6.45, 7) is 0. The van der Waals surface area contributed by atoms with Gasteiger partial charge in [0.05, 0.1) is 5.69 Å². The first-order valence-electron chi connectivity index (χ1n) is 22.1. The zero-order valence-corrected chi connectivity index (χ0v) is 33.7. The van der Waals surface area contributed by atoms with Gasteiger partial charge >= 0.3 is 0 Å². The van der Waals surface area contributed by atoms with Crippen molar-refractivity contribution in [2.75, 3.05) is 0 Å². The van der Waals surface area contributed by atoms with Crippen LogP contribution < -0.4 is 0 Å². The molecule has 0 bridgehead atoms. The lowest BCUT2D eigenvalue weighted by molar-refractivity contribution is 0.550. The van der Waals surface area contributed by atoms with Crippen LogP contribution in [0.4, 0.5) is 0 Å². The van der Waals surface area contributed by atoms with Crippen LogP contribution in [0.2, 0.25) is 0 Å². The van der Waals surface area contributed by atoms with Crippen molar-refractivity contribution in [2.45, 2.75) is 62.2 Å². The van der Waals surface area contributed by atoms with Gasteiger partial charge in [-0.2, -0.15) is 0 Å². The molecule has 2 spiro atoms. The Morgan fingerprint density at radius 2 is 0.850 bits per heavy atom. The zero-order valence-electron chi connectivity index (χ0n) is 33.7. The van der Waals surface area contributed by atoms with E-state index >= 15 is 0 Å². The second-order valence-electron chi connectivity index (χ2n) is 17.9. The smallest absolute Gasteiger partial charge is 0.0702 e. The SMILES string of the molecule is c1cncc(-c2ccc(-c3ccc4c(-c5ccc6c(c5)C5(CCCC5)c5ccccc5-6)c5ccccc5c(-c5ccc6c(c5)C5(CCCC5)c5ccccc5-6)c4c3)nc2)c1. The van der Waals surface area contributed by atoms with Gasteiger partial charge in [-0.25, -0.2) is 0 Å². The molecule has 286 valence electrons. The van der Waals surface area contributed by atoms with E-state index in [0.29, 0.717) is 0 Å². The Labute approximate surface area is 351 Å². The predicted molar refractivity (Wildman–Crippen MR) is 248 cm³/mol. The summed E-state index contributed by atoms with van der Waals surface area (Å²) in [5, 5.41) is 5.17. The monoisotopic (exact) mass is 768 g/mol. The topological polar surface area (TPSA) is 25.8 Å². The standard InChI is InChI=1S/C58H44N2/c1-2-16-47-46(15-1)55(38-20-23-44-42-13-3-5-17-50(42)57(52(44)33-38)27-7-8-28-57)48-25-19-37(54-26-22-41(36-60-54)40-12-11-31-59-35-40)32-49(48)56(47)39-21-24-45-43-14-4-6-18-51(43)58(53(45)34-39)29-9-10-30-58/h1-6,11-26,31-36H,7-10,27-30H2. The minimum atomic E-state index is 0.0940. The number of fused-ring (bicyclic) bond motifs is 12. The van der Waals surface area contributed by atoms with E-state index in [4.69, 9.17) is 4.98 Å². The van der Waals surface area contributed by atoms with Crippen LogP contribution in [0, 0.1) is 0 Å². The highest BCUT2D eigenvalue weighted by atomic mass is 14.7. The summed E-state index contributed by atoms with van der Waals surface area (Å²) in [6, 6.07) is 58.1. The van der Waals surface area contributed by atoms with Crippen molar-refractivity contribution in [2.24, 2.45) is 0 Å². The van der Waals surface area contributed by atoms with E-state index in [-0.39, 0.29) is 10.8 Å². The van der Waals surface area contributed by atoms with Crippen LogP contribution in [0.3, 0.4) is 0 Å². The summed E-state index contributed by atoms with van der Waals surface area (Å²) in [6.07, 6.45) is 15.7. The summed E-state index contributed by atoms with van der Waals surface area (Å²) >= 11 is 0. The van der Waals surface area contributed by atoms with Gasteiger partial charge in [-0.1, -0.05) is 147 Å². The van der Waals surface area contributed by atoms with Gasteiger partial charge in [0.2, 0.25) is 0 Å². The first-order chi connectivity index (χ1) is 29.7. The van der Waals surface area contributed by atoms with E-state index < -0.39 is 0 Å². The molecular weight excluding hydrogens is 725 g/mol. The van der Waals surface area contributed by atoms with Gasteiger partial charge in [0, 0.05) is 46.1 Å². The van der Waals surface area contributed by atoms with Crippen LogP contribution in [0.25, 0.3) is 88.4 Å². The maximum absolute atomic E-state index is 5.07. The second-order valence-corrected chi connectivity index (χ2v) is 17.9. The van der Waals surface area contributed by atoms with Crippen molar-refractivity contribution in [3.05, 3.63) is 193 Å². The van der Waals surface area contributed by atoms with Crippen molar-refractivity contribution in [1.29, 1.82) is 0 Å². The Bertz CT molecular complexity index is 3200. The van der Waals surface area contributed by atoms with Gasteiger partial charge in [-0.05, 0) is 144 Å². The number of hydrogen-bond donors (Lipinski definition) is 0. The van der Waals surface area contributed by atoms with Gasteiger partial charge in [-0.3, -0.25) is 9.97 Å². The predicted octanol–water partition coefficient (Wildman–Crippen LogP) is 15.1. The van der Waals surface area contributed by atoms with Crippen LogP contribution in [-0.4, -0.2) is 9.97 Å². The third-order valence-corrected chi connectivity index (χ3v) is 15.1. The molecule has 2 nitrogen and oxygen atoms in total. The largest absolute Gasteiger partial charge is 0.264 e. The highest BCUT2D eigenvalue weighted by Crippen LogP contribution is 2.60. The molecule has 0 saturated heterocycles. The Morgan fingerprint density at radius 1 is 0.350 bits per heavy atom. The fraction of sp³-hybridized carbons (Fsp3) is 0.172. The Morgan fingerprint density at radius 3 is 1.42 bits per heavy atom. The van der Waals surface area contributed by atoms with Gasteiger partial charge in [0.1, 0.15) is 0 Å². The molecule has 2 saturated carbocycles. The molecule has 0 aliphatic heterocycles. The maximum Gasteiger partial charge on any atom is 0.0702 e. The van der Waals surface area contributed by atoms with Crippen LogP contribution in [-0.2, 0) is 10.8 Å². The lowest BCUT2D eigenvalue weighted by Gasteiger charge is -2.28. The Balaban J connectivity index is 1.06. The van der Waals surface area contributed by atoms with Crippen LogP contribution in [0.1, 0.15) is 73.6 Å². The lowest BCUT2D eigenvalue weighted by Crippen LogP contribution is -2.20. The average Bonchev–Trinajstić information content (AvgIpc) is 4.12. The third-order valence-electron chi connectivity index (χ3n) is 15.1. The van der Waals surface area contributed by atoms with Gasteiger partial charge in [0.25, 0.3) is 0 Å². The zero-order chi connectivity index (χ0) is 39.4. The molecule has 0 atom stereocenters. The summed E-state index contributed by atoms with van der Waals surface area (Å²) in [7, 11) is 0. The molecule has 9 aromatic rings. The first-order valence-corrected chi connectivity index (χ1v) is 22.1. The van der Waals surface area contributed by atoms with E-state index in [1.54, 1.807) is 0 Å². The minimum absolute atomic E-state index is 0.0940. The number of nitrogens with zero attached hydrogens (tertiary/aromatic N) is 2. The highest BCUT2D eigenvalue weighted by Gasteiger charge is 2.46. The number of pyridine rings is 2. The summed E-state index contributed by atoms with van der Waals surface area (Å²) < 4.78 is 0. The fourth-order valence-corrected chi connectivity index (χ4v) is 12.5. The summed E-state index contributed by atoms with van der Waals surface area (Å²) in [4.78, 5) is 9.42. The van der Waals surface area contributed by atoms with Crippen molar-refractivity contribution in [1.82, 2.24) is 9.97 Å². The van der Waals surface area contributed by atoms with Crippen LogP contribution >= 0.6 is 0 Å². The maximum atomic E-state index is 5.07. The summed E-state index contributed by atoms with van der Waals surface area (Å²) in [5.41, 5.74) is 21.5. The molecule has 0 N–H and O–H groups in total. The average molecular weight is 769 g/mol. The Kier molecular flexibility index (Phi) is 7.38. The third kappa shape index (κ3) is 4.76. The normalized spacial score (nSPS) is 16.4. The number of aromatic nitrogens is 2. The molecule has 0 unspecified atom stereocenters. The van der Waals surface area contributed by atoms with Crippen LogP contribution in [0.5, 0.6) is 0 Å². The fourth-order valence-electron chi connectivity index (χ4n) is 12.5. The molecule has 2 heterocycles. The second kappa shape index (κ2) is 12.9. The van der Waals surface area contributed by atoms with Crippen LogP contribution in [0.15, 0.2) is 170 Å². The molecular formula is C58H44N2. The quantitative estimate of drug-likeness (QED) is 0.167. The Hall–Kier alpha value is -6.64. The van der Waals surface area contributed by atoms with E-state index in [2.05, 4.69) is 151 Å². The summed E-state index contributed by atoms with van der Waals surface area (Å²) in [5.74, 6) is 0. The van der Waals surface area contributed by atoms with Crippen molar-refractivity contribution >= 4 is 21.5 Å². The van der Waals surface area contributed by atoms with Crippen molar-refractivity contribution < 1.29 is 0 Å². The van der Waals surface area contributed by atoms with Gasteiger partial charge in [0.15, 0.2) is 0 Å². The molecule has 0 amide bonds. The molecule has 2 aromatic heterocycles. The molecule has 4 aliphatic carbocycles. The first kappa shape index (κ1) is 34.2. The van der Waals surface area contributed by atoms with E-state index in [1.165, 1.54) is 140 Å². The van der Waals surface area contributed by atoms with Crippen molar-refractivity contribution in [3.8, 4) is 66.9 Å². The van der Waals surface area contributed by atoms with E-state index in [1.807, 2.05) is 24.7 Å². The molecule has 2 fully saturated rings. The minimum Gasteiger partial charge on any atom is -0.264 e. The molecule has 0 radical (unpaired) electrons. The van der Waals surface area contributed by atoms with Crippen molar-refractivity contribution in [3.63, 3.8) is 0 Å². The molecule has 60 heavy (non-hydrogen) atoms. The highest BCUT2D eigenvalue weighted by molar-refractivity contribution is 6.22. The lowest BCUT2D eigenvalue weighted by atomic mass is 9.75. The molecule has 13 rings (SSSR count). The number of benzene rings is 7. The molecule has 2 heteroatoms. The van der Waals surface area contributed by atoms with Gasteiger partial charge < -0.3 is 0 Å². The number of rotatable bonds is 4. The number of hydrogen-bond acceptors (Lipinski definition) is 2. The molecule has 4 aliphatic rings. The van der Waals surface area contributed by atoms with Gasteiger partial charge in [-0.15, -0.1) is 0 Å². The van der Waals surface area contributed by atoms with E-state index in [0.717, 1.165) is 22.4 Å².